The van der Waals surface area contributed by atoms with Gasteiger partial charge in [0.15, 0.2) is 17.2 Å². The third-order valence-corrected chi connectivity index (χ3v) is 4.44. The summed E-state index contributed by atoms with van der Waals surface area (Å²) in [5, 5.41) is 3.23. The molecule has 0 radical (unpaired) electrons. The third kappa shape index (κ3) is 2.95. The first-order valence-electron chi connectivity index (χ1n) is 8.12. The van der Waals surface area contributed by atoms with Crippen molar-refractivity contribution in [3.63, 3.8) is 0 Å². The van der Waals surface area contributed by atoms with Crippen molar-refractivity contribution in [3.8, 4) is 17.2 Å². The smallest absolute Gasteiger partial charge is 0.237 e. The molecule has 1 aliphatic heterocycles. The van der Waals surface area contributed by atoms with Gasteiger partial charge in [0.1, 0.15) is 6.04 Å². The SMILES string of the molecule is COc1cc(C2(c3ccccc3)NC(C(N)=O)CO2)cc(OC)c1OC. The van der Waals surface area contributed by atoms with E-state index in [1.165, 1.54) is 0 Å². The number of amides is 1. The van der Waals surface area contributed by atoms with Gasteiger partial charge in [-0.3, -0.25) is 10.1 Å². The van der Waals surface area contributed by atoms with Crippen LogP contribution in [-0.2, 0) is 15.3 Å². The van der Waals surface area contributed by atoms with Gasteiger partial charge in [-0.1, -0.05) is 30.3 Å². The molecule has 7 heteroatoms. The van der Waals surface area contributed by atoms with Gasteiger partial charge in [-0.2, -0.15) is 0 Å². The van der Waals surface area contributed by atoms with E-state index in [1.54, 1.807) is 33.5 Å². The molecule has 2 aromatic rings. The van der Waals surface area contributed by atoms with Crippen molar-refractivity contribution in [2.24, 2.45) is 5.73 Å². The van der Waals surface area contributed by atoms with Crippen molar-refractivity contribution < 1.29 is 23.7 Å². The zero-order chi connectivity index (χ0) is 18.7. The normalized spacial score (nSPS) is 22.0. The average molecular weight is 358 g/mol. The molecule has 0 bridgehead atoms. The van der Waals surface area contributed by atoms with Gasteiger partial charge in [0.25, 0.3) is 0 Å². The van der Waals surface area contributed by atoms with Crippen LogP contribution in [0.3, 0.4) is 0 Å². The van der Waals surface area contributed by atoms with E-state index in [4.69, 9.17) is 24.7 Å². The van der Waals surface area contributed by atoms with Crippen LogP contribution in [0.1, 0.15) is 11.1 Å². The number of carbonyl (C=O) groups excluding carboxylic acids is 1. The highest BCUT2D eigenvalue weighted by molar-refractivity contribution is 5.80. The van der Waals surface area contributed by atoms with E-state index in [0.717, 1.165) is 5.56 Å². The fraction of sp³-hybridized carbons (Fsp3) is 0.316. The number of methoxy groups -OCH3 is 3. The minimum absolute atomic E-state index is 0.154. The van der Waals surface area contributed by atoms with Crippen molar-refractivity contribution in [2.75, 3.05) is 27.9 Å². The maximum absolute atomic E-state index is 11.7. The Morgan fingerprint density at radius 3 is 2.15 bits per heavy atom. The molecule has 0 saturated carbocycles. The van der Waals surface area contributed by atoms with Gasteiger partial charge in [-0.15, -0.1) is 0 Å². The van der Waals surface area contributed by atoms with Gasteiger partial charge >= 0.3 is 0 Å². The molecule has 1 heterocycles. The van der Waals surface area contributed by atoms with Crippen molar-refractivity contribution >= 4 is 5.91 Å². The molecular weight excluding hydrogens is 336 g/mol. The lowest BCUT2D eigenvalue weighted by atomic mass is 9.93. The van der Waals surface area contributed by atoms with Gasteiger partial charge < -0.3 is 24.7 Å². The van der Waals surface area contributed by atoms with E-state index < -0.39 is 17.7 Å². The molecule has 1 aliphatic rings. The molecule has 1 fully saturated rings. The number of hydrogen-bond acceptors (Lipinski definition) is 6. The maximum atomic E-state index is 11.7. The zero-order valence-electron chi connectivity index (χ0n) is 14.9. The topological polar surface area (TPSA) is 92.0 Å². The molecule has 26 heavy (non-hydrogen) atoms. The largest absolute Gasteiger partial charge is 0.493 e. The number of benzene rings is 2. The number of primary amides is 1. The quantitative estimate of drug-likeness (QED) is 0.811. The minimum Gasteiger partial charge on any atom is -0.493 e. The average Bonchev–Trinajstić information content (AvgIpc) is 3.14. The molecule has 0 aliphatic carbocycles. The Hall–Kier alpha value is -2.77. The second kappa shape index (κ2) is 7.23. The Kier molecular flexibility index (Phi) is 5.01. The molecular formula is C19H22N2O5. The molecule has 3 rings (SSSR count). The minimum atomic E-state index is -1.06. The van der Waals surface area contributed by atoms with Crippen LogP contribution in [0, 0.1) is 0 Å². The summed E-state index contributed by atoms with van der Waals surface area (Å²) in [6.07, 6.45) is 0. The number of hydrogen-bond donors (Lipinski definition) is 2. The monoisotopic (exact) mass is 358 g/mol. The van der Waals surface area contributed by atoms with E-state index in [2.05, 4.69) is 5.32 Å². The van der Waals surface area contributed by atoms with Crippen LogP contribution in [0.5, 0.6) is 17.2 Å². The first-order chi connectivity index (χ1) is 12.6. The predicted molar refractivity (Wildman–Crippen MR) is 95.4 cm³/mol. The highest BCUT2D eigenvalue weighted by Crippen LogP contribution is 2.44. The lowest BCUT2D eigenvalue weighted by molar-refractivity contribution is -0.119. The first kappa shape index (κ1) is 18.0. The molecule has 2 unspecified atom stereocenters. The fourth-order valence-corrected chi connectivity index (χ4v) is 3.15. The van der Waals surface area contributed by atoms with E-state index in [9.17, 15) is 4.79 Å². The lowest BCUT2D eigenvalue weighted by Gasteiger charge is -2.31. The molecule has 0 aromatic heterocycles. The Bertz CT molecular complexity index is 771. The summed E-state index contributed by atoms with van der Waals surface area (Å²) < 4.78 is 22.4. The van der Waals surface area contributed by atoms with Crippen molar-refractivity contribution in [2.45, 2.75) is 11.8 Å². The summed E-state index contributed by atoms with van der Waals surface area (Å²) in [4.78, 5) is 11.7. The van der Waals surface area contributed by atoms with Crippen molar-refractivity contribution in [1.29, 1.82) is 0 Å². The van der Waals surface area contributed by atoms with Gasteiger partial charge in [-0.25, -0.2) is 0 Å². The van der Waals surface area contributed by atoms with Gasteiger partial charge in [-0.05, 0) is 12.1 Å². The van der Waals surface area contributed by atoms with Gasteiger partial charge in [0.2, 0.25) is 11.7 Å². The third-order valence-electron chi connectivity index (χ3n) is 4.44. The van der Waals surface area contributed by atoms with Crippen molar-refractivity contribution in [1.82, 2.24) is 5.32 Å². The van der Waals surface area contributed by atoms with Crippen molar-refractivity contribution in [3.05, 3.63) is 53.6 Å². The number of ether oxygens (including phenoxy) is 4. The highest BCUT2D eigenvalue weighted by atomic mass is 16.5. The molecule has 1 amide bonds. The number of rotatable bonds is 6. The summed E-state index contributed by atoms with van der Waals surface area (Å²) in [6, 6.07) is 12.5. The first-order valence-corrected chi connectivity index (χ1v) is 8.12. The van der Waals surface area contributed by atoms with Crippen LogP contribution < -0.4 is 25.3 Å². The van der Waals surface area contributed by atoms with Crippen LogP contribution in [0.15, 0.2) is 42.5 Å². The van der Waals surface area contributed by atoms with Crippen LogP contribution in [0.4, 0.5) is 0 Å². The van der Waals surface area contributed by atoms with Crippen LogP contribution in [0.2, 0.25) is 0 Å². The number of carbonyl (C=O) groups is 1. The summed E-state index contributed by atoms with van der Waals surface area (Å²) in [6.45, 7) is 0.154. The molecule has 138 valence electrons. The Morgan fingerprint density at radius 2 is 1.69 bits per heavy atom. The Balaban J connectivity index is 2.19. The highest BCUT2D eigenvalue weighted by Gasteiger charge is 2.45. The summed E-state index contributed by atoms with van der Waals surface area (Å²) >= 11 is 0. The van der Waals surface area contributed by atoms with Crippen LogP contribution in [0.25, 0.3) is 0 Å². The molecule has 0 spiro atoms. The number of nitrogens with one attached hydrogen (secondary N) is 1. The van der Waals surface area contributed by atoms with E-state index in [0.29, 0.717) is 22.8 Å². The van der Waals surface area contributed by atoms with E-state index in [-0.39, 0.29) is 6.61 Å². The standard InChI is InChI=1S/C19H22N2O5/c1-23-15-9-13(10-16(24-2)17(15)25-3)19(12-7-5-4-6-8-12)21-14(11-26-19)18(20)22/h4-10,14,21H,11H2,1-3H3,(H2,20,22). The number of nitrogens with two attached hydrogens (primary N) is 1. The van der Waals surface area contributed by atoms with E-state index >= 15 is 0 Å². The van der Waals surface area contributed by atoms with Gasteiger partial charge in [0.05, 0.1) is 27.9 Å². The van der Waals surface area contributed by atoms with Gasteiger partial charge in [0, 0.05) is 11.1 Å². The summed E-state index contributed by atoms with van der Waals surface area (Å²) in [5.74, 6) is 0.983. The lowest BCUT2D eigenvalue weighted by Crippen LogP contribution is -2.47. The fourth-order valence-electron chi connectivity index (χ4n) is 3.15. The molecule has 2 aromatic carbocycles. The van der Waals surface area contributed by atoms with Crippen LogP contribution in [-0.4, -0.2) is 39.9 Å². The summed E-state index contributed by atoms with van der Waals surface area (Å²) in [7, 11) is 4.64. The summed E-state index contributed by atoms with van der Waals surface area (Å²) in [5.41, 5.74) is 5.96. The Labute approximate surface area is 152 Å². The second-order valence-corrected chi connectivity index (χ2v) is 5.87. The zero-order valence-corrected chi connectivity index (χ0v) is 14.9. The molecule has 7 nitrogen and oxygen atoms in total. The van der Waals surface area contributed by atoms with Crippen LogP contribution >= 0.6 is 0 Å². The Morgan fingerprint density at radius 1 is 1.08 bits per heavy atom. The second-order valence-electron chi connectivity index (χ2n) is 5.87. The van der Waals surface area contributed by atoms with E-state index in [1.807, 2.05) is 30.3 Å². The maximum Gasteiger partial charge on any atom is 0.237 e. The molecule has 2 atom stereocenters. The predicted octanol–water partition coefficient (Wildman–Crippen LogP) is 1.39. The molecule has 3 N–H and O–H groups in total. The molecule has 1 saturated heterocycles.